The van der Waals surface area contributed by atoms with Crippen LogP contribution in [0.4, 0.5) is 46.9 Å². The number of nitrogens with one attached hydrogen (secondary N) is 2. The minimum atomic E-state index is -5.48. The van der Waals surface area contributed by atoms with Gasteiger partial charge in [0.15, 0.2) is 5.16 Å². The maximum absolute atomic E-state index is 13.1. The number of anilines is 5. The van der Waals surface area contributed by atoms with Crippen molar-refractivity contribution >= 4 is 56.8 Å². The molecule has 12 nitrogen and oxygen atoms in total. The number of fused-ring (bicyclic) bond motifs is 1. The fraction of sp³-hybridized carbons (Fsp3) is 0.348. The Labute approximate surface area is 232 Å². The summed E-state index contributed by atoms with van der Waals surface area (Å²) in [7, 11) is -5.48. The smallest absolute Gasteiger partial charge is 0.340 e. The SMILES string of the molecule is CSc1nc(NC(=O)N2CCN(c3ncccn3)CC2)cc(Nc2ccc3c(c2)CCN3S(=O)(=O)C(F)(F)F)n1. The van der Waals surface area contributed by atoms with E-state index in [1.807, 2.05) is 4.90 Å². The predicted molar refractivity (Wildman–Crippen MR) is 144 cm³/mol. The first-order valence-corrected chi connectivity index (χ1v) is 14.7. The fourth-order valence-electron chi connectivity index (χ4n) is 4.37. The largest absolute Gasteiger partial charge is 0.516 e. The van der Waals surface area contributed by atoms with Crippen LogP contribution in [0.25, 0.3) is 0 Å². The molecule has 3 aromatic rings. The second kappa shape index (κ2) is 11.0. The summed E-state index contributed by atoms with van der Waals surface area (Å²) in [6.07, 6.45) is 5.24. The van der Waals surface area contributed by atoms with Gasteiger partial charge in [0.05, 0.1) is 5.69 Å². The summed E-state index contributed by atoms with van der Waals surface area (Å²) in [5.41, 5.74) is -4.45. The van der Waals surface area contributed by atoms with Gasteiger partial charge in [-0.15, -0.1) is 0 Å². The highest BCUT2D eigenvalue weighted by Gasteiger charge is 2.51. The molecule has 212 valence electrons. The molecule has 1 fully saturated rings. The Morgan fingerprint density at radius 3 is 2.38 bits per heavy atom. The first-order chi connectivity index (χ1) is 19.0. The zero-order valence-electron chi connectivity index (χ0n) is 21.1. The highest BCUT2D eigenvalue weighted by atomic mass is 32.2. The Morgan fingerprint density at radius 1 is 1.00 bits per heavy atom. The average molecular weight is 596 g/mol. The van der Waals surface area contributed by atoms with Crippen LogP contribution in [0.15, 0.2) is 47.9 Å². The molecule has 1 saturated heterocycles. The monoisotopic (exact) mass is 595 g/mol. The van der Waals surface area contributed by atoms with Crippen molar-refractivity contribution in [3.8, 4) is 0 Å². The van der Waals surface area contributed by atoms with Gasteiger partial charge in [-0.3, -0.25) is 9.62 Å². The number of nitrogens with zero attached hydrogens (tertiary/aromatic N) is 7. The number of benzene rings is 1. The van der Waals surface area contributed by atoms with E-state index in [-0.39, 0.29) is 30.5 Å². The molecule has 0 bridgehead atoms. The van der Waals surface area contributed by atoms with Crippen molar-refractivity contribution in [2.75, 3.05) is 58.8 Å². The van der Waals surface area contributed by atoms with Crippen LogP contribution in [0, 0.1) is 0 Å². The van der Waals surface area contributed by atoms with Crippen molar-refractivity contribution in [2.24, 2.45) is 0 Å². The molecule has 40 heavy (non-hydrogen) atoms. The maximum Gasteiger partial charge on any atom is 0.516 e. The van der Waals surface area contributed by atoms with Crippen LogP contribution in [0.5, 0.6) is 0 Å². The lowest BCUT2D eigenvalue weighted by molar-refractivity contribution is -0.0437. The summed E-state index contributed by atoms with van der Waals surface area (Å²) >= 11 is 1.27. The van der Waals surface area contributed by atoms with Gasteiger partial charge < -0.3 is 15.1 Å². The summed E-state index contributed by atoms with van der Waals surface area (Å²) in [5, 5.41) is 6.25. The van der Waals surface area contributed by atoms with Gasteiger partial charge in [0.25, 0.3) is 0 Å². The predicted octanol–water partition coefficient (Wildman–Crippen LogP) is 3.30. The number of rotatable bonds is 6. The molecule has 2 aliphatic rings. The third-order valence-electron chi connectivity index (χ3n) is 6.31. The topological polar surface area (TPSA) is 137 Å². The Hall–Kier alpha value is -3.86. The van der Waals surface area contributed by atoms with Gasteiger partial charge in [-0.25, -0.2) is 24.7 Å². The van der Waals surface area contributed by atoms with Crippen molar-refractivity contribution in [2.45, 2.75) is 17.1 Å². The van der Waals surface area contributed by atoms with Crippen LogP contribution in [0.1, 0.15) is 5.56 Å². The maximum atomic E-state index is 13.1. The Morgan fingerprint density at radius 2 is 1.70 bits per heavy atom. The fourth-order valence-corrected chi connectivity index (χ4v) is 5.77. The number of urea groups is 1. The quantitative estimate of drug-likeness (QED) is 0.323. The number of carbonyl (C=O) groups is 1. The van der Waals surface area contributed by atoms with Crippen LogP contribution in [0.3, 0.4) is 0 Å². The molecule has 5 rings (SSSR count). The second-order valence-electron chi connectivity index (χ2n) is 8.82. The number of aromatic nitrogens is 4. The number of piperazine rings is 1. The first kappa shape index (κ1) is 27.7. The molecule has 2 aliphatic heterocycles. The number of hydrogen-bond donors (Lipinski definition) is 2. The van der Waals surface area contributed by atoms with Crippen LogP contribution < -0.4 is 19.8 Å². The van der Waals surface area contributed by atoms with Crippen molar-refractivity contribution in [3.63, 3.8) is 0 Å². The molecule has 0 unspecified atom stereocenters. The summed E-state index contributed by atoms with van der Waals surface area (Å²) in [6.45, 7) is 1.78. The molecule has 0 radical (unpaired) electrons. The molecule has 0 atom stereocenters. The number of halogens is 3. The highest BCUT2D eigenvalue weighted by Crippen LogP contribution is 2.38. The summed E-state index contributed by atoms with van der Waals surface area (Å²) in [6, 6.07) is 7.33. The molecule has 1 aromatic carbocycles. The van der Waals surface area contributed by atoms with Crippen molar-refractivity contribution in [3.05, 3.63) is 48.3 Å². The van der Waals surface area contributed by atoms with Crippen LogP contribution >= 0.6 is 11.8 Å². The zero-order chi connectivity index (χ0) is 28.5. The molecule has 17 heteroatoms. The average Bonchev–Trinajstić information content (AvgIpc) is 3.37. The molecule has 0 aliphatic carbocycles. The molecular formula is C23H24F3N9O3S2. The molecule has 2 N–H and O–H groups in total. The number of sulfonamides is 1. The molecule has 4 heterocycles. The lowest BCUT2D eigenvalue weighted by atomic mass is 10.1. The minimum absolute atomic E-state index is 0.0118. The van der Waals surface area contributed by atoms with Gasteiger partial charge in [0.1, 0.15) is 11.6 Å². The van der Waals surface area contributed by atoms with Crippen LogP contribution in [-0.2, 0) is 16.4 Å². The Bertz CT molecular complexity index is 1500. The second-order valence-corrected chi connectivity index (χ2v) is 11.4. The summed E-state index contributed by atoms with van der Waals surface area (Å²) < 4.78 is 63.3. The van der Waals surface area contributed by atoms with E-state index in [0.717, 1.165) is 0 Å². The third kappa shape index (κ3) is 5.70. The minimum Gasteiger partial charge on any atom is -0.340 e. The zero-order valence-corrected chi connectivity index (χ0v) is 22.7. The van der Waals surface area contributed by atoms with E-state index in [9.17, 15) is 26.4 Å². The van der Waals surface area contributed by atoms with Gasteiger partial charge in [-0.2, -0.15) is 21.6 Å². The molecular weight excluding hydrogens is 571 g/mol. The van der Waals surface area contributed by atoms with Crippen molar-refractivity contribution in [1.29, 1.82) is 0 Å². The van der Waals surface area contributed by atoms with Crippen LogP contribution in [-0.4, -0.2) is 83.8 Å². The Balaban J connectivity index is 1.26. The summed E-state index contributed by atoms with van der Waals surface area (Å²) in [4.78, 5) is 33.8. The number of alkyl halides is 3. The number of amides is 2. The van der Waals surface area contributed by atoms with E-state index in [2.05, 4.69) is 30.6 Å². The number of hydrogen-bond acceptors (Lipinski definition) is 10. The van der Waals surface area contributed by atoms with Gasteiger partial charge >= 0.3 is 21.6 Å². The van der Waals surface area contributed by atoms with Crippen molar-refractivity contribution in [1.82, 2.24) is 24.8 Å². The number of thioether (sulfide) groups is 1. The van der Waals surface area contributed by atoms with E-state index in [1.54, 1.807) is 41.7 Å². The van der Waals surface area contributed by atoms with E-state index in [1.165, 1.54) is 23.9 Å². The Kier molecular flexibility index (Phi) is 7.59. The normalized spacial score (nSPS) is 15.7. The first-order valence-electron chi connectivity index (χ1n) is 12.0. The van der Waals surface area contributed by atoms with Gasteiger partial charge in [0.2, 0.25) is 5.95 Å². The van der Waals surface area contributed by atoms with Gasteiger partial charge in [-0.05, 0) is 42.5 Å². The molecule has 2 amide bonds. The van der Waals surface area contributed by atoms with E-state index in [4.69, 9.17) is 0 Å². The van der Waals surface area contributed by atoms with Crippen LogP contribution in [0.2, 0.25) is 0 Å². The summed E-state index contributed by atoms with van der Waals surface area (Å²) in [5.74, 6) is 1.22. The number of carbonyl (C=O) groups excluding carboxylic acids is 1. The van der Waals surface area contributed by atoms with E-state index in [0.29, 0.717) is 58.7 Å². The van der Waals surface area contributed by atoms with E-state index >= 15 is 0 Å². The molecule has 0 spiro atoms. The standard InChI is InChI=1S/C23H24F3N9O3S2/c1-39-21-30-18(29-16-3-4-17-15(13-16)5-8-35(17)40(37,38)23(24,25)26)14-19(31-21)32-22(36)34-11-9-33(10-12-34)20-27-6-2-7-28-20/h2-4,6-7,13-14H,5,8-12H2,1H3,(H2,29,30,31,32,36). The van der Waals surface area contributed by atoms with Gasteiger partial charge in [-0.1, -0.05) is 11.8 Å². The highest BCUT2D eigenvalue weighted by molar-refractivity contribution is 7.98. The lowest BCUT2D eigenvalue weighted by Gasteiger charge is -2.34. The van der Waals surface area contributed by atoms with Crippen molar-refractivity contribution < 1.29 is 26.4 Å². The van der Waals surface area contributed by atoms with Gasteiger partial charge in [0, 0.05) is 56.9 Å². The molecule has 0 saturated carbocycles. The van der Waals surface area contributed by atoms with E-state index < -0.39 is 15.5 Å². The molecule has 2 aromatic heterocycles. The lowest BCUT2D eigenvalue weighted by Crippen LogP contribution is -2.50. The third-order valence-corrected chi connectivity index (χ3v) is 8.40.